The number of piperazine rings is 1. The Morgan fingerprint density at radius 3 is 3.06 bits per heavy atom. The molecule has 1 fully saturated rings. The predicted molar refractivity (Wildman–Crippen MR) is 70.0 cm³/mol. The molecule has 1 atom stereocenters. The van der Waals surface area contributed by atoms with E-state index in [1.54, 1.807) is 0 Å². The first-order chi connectivity index (χ1) is 8.34. The third-order valence-corrected chi connectivity index (χ3v) is 3.44. The number of fused-ring (bicyclic) bond motifs is 1. The Kier molecular flexibility index (Phi) is 2.79. The van der Waals surface area contributed by atoms with Crippen molar-refractivity contribution in [3.05, 3.63) is 42.1 Å². The van der Waals surface area contributed by atoms with E-state index in [1.165, 1.54) is 10.9 Å². The number of pyridine rings is 1. The number of nitrogens with zero attached hydrogens (tertiary/aromatic N) is 2. The zero-order chi connectivity index (χ0) is 11.7. The normalized spacial score (nSPS) is 21.8. The van der Waals surface area contributed by atoms with Gasteiger partial charge in [-0.05, 0) is 24.7 Å². The number of hydrogen-bond donors (Lipinski definition) is 1. The predicted octanol–water partition coefficient (Wildman–Crippen LogP) is 1.81. The summed E-state index contributed by atoms with van der Waals surface area (Å²) in [5.41, 5.74) is 2.45. The number of hydrogen-bond acceptors (Lipinski definition) is 3. The lowest BCUT2D eigenvalue weighted by Crippen LogP contribution is -2.43. The minimum Gasteiger partial charge on any atom is -0.308 e. The smallest absolute Gasteiger partial charge is 0.0705 e. The molecule has 17 heavy (non-hydrogen) atoms. The average molecular weight is 227 g/mol. The number of rotatable bonds is 1. The maximum Gasteiger partial charge on any atom is 0.0705 e. The van der Waals surface area contributed by atoms with Crippen LogP contribution in [0.4, 0.5) is 0 Å². The summed E-state index contributed by atoms with van der Waals surface area (Å²) in [7, 11) is 2.18. The van der Waals surface area contributed by atoms with Gasteiger partial charge in [0.1, 0.15) is 0 Å². The fourth-order valence-corrected chi connectivity index (χ4v) is 2.53. The van der Waals surface area contributed by atoms with Crippen LogP contribution in [0.2, 0.25) is 0 Å². The molecule has 3 heteroatoms. The second-order valence-corrected chi connectivity index (χ2v) is 4.69. The SMILES string of the molecule is CN1CCNC(c2ccnc3ccccc23)C1. The van der Waals surface area contributed by atoms with Crippen LogP contribution >= 0.6 is 0 Å². The molecule has 1 aromatic heterocycles. The van der Waals surface area contributed by atoms with E-state index < -0.39 is 0 Å². The van der Waals surface area contributed by atoms with E-state index in [4.69, 9.17) is 0 Å². The summed E-state index contributed by atoms with van der Waals surface area (Å²) >= 11 is 0. The lowest BCUT2D eigenvalue weighted by molar-refractivity contribution is 0.241. The third kappa shape index (κ3) is 2.04. The second kappa shape index (κ2) is 4.43. The Morgan fingerprint density at radius 2 is 2.18 bits per heavy atom. The number of para-hydroxylation sites is 1. The van der Waals surface area contributed by atoms with Crippen LogP contribution in [0.3, 0.4) is 0 Å². The van der Waals surface area contributed by atoms with E-state index in [9.17, 15) is 0 Å². The molecule has 2 heterocycles. The van der Waals surface area contributed by atoms with Crippen molar-refractivity contribution < 1.29 is 0 Å². The van der Waals surface area contributed by atoms with Crippen LogP contribution in [-0.4, -0.2) is 36.6 Å². The molecule has 1 saturated heterocycles. The van der Waals surface area contributed by atoms with E-state index in [0.717, 1.165) is 25.2 Å². The first kappa shape index (κ1) is 10.7. The number of benzene rings is 1. The number of nitrogens with one attached hydrogen (secondary N) is 1. The van der Waals surface area contributed by atoms with Gasteiger partial charge in [-0.15, -0.1) is 0 Å². The molecule has 1 aliphatic heterocycles. The topological polar surface area (TPSA) is 28.2 Å². The standard InChI is InChI=1S/C14H17N3/c1-17-9-8-16-14(10-17)12-6-7-15-13-5-3-2-4-11(12)13/h2-7,14,16H,8-10H2,1H3. The molecular weight excluding hydrogens is 210 g/mol. The zero-order valence-corrected chi connectivity index (χ0v) is 10.1. The van der Waals surface area contributed by atoms with Crippen LogP contribution in [0.5, 0.6) is 0 Å². The monoisotopic (exact) mass is 227 g/mol. The first-order valence-electron chi connectivity index (χ1n) is 6.10. The molecule has 1 N–H and O–H groups in total. The molecule has 2 aromatic rings. The van der Waals surface area contributed by atoms with Gasteiger partial charge in [0.05, 0.1) is 5.52 Å². The molecule has 1 aromatic carbocycles. The maximum absolute atomic E-state index is 4.41. The van der Waals surface area contributed by atoms with Crippen LogP contribution in [0, 0.1) is 0 Å². The summed E-state index contributed by atoms with van der Waals surface area (Å²) in [6.07, 6.45) is 1.91. The summed E-state index contributed by atoms with van der Waals surface area (Å²) in [5.74, 6) is 0. The summed E-state index contributed by atoms with van der Waals surface area (Å²) in [4.78, 5) is 6.79. The van der Waals surface area contributed by atoms with E-state index >= 15 is 0 Å². The fourth-order valence-electron chi connectivity index (χ4n) is 2.53. The molecule has 0 spiro atoms. The van der Waals surface area contributed by atoms with Crippen LogP contribution in [-0.2, 0) is 0 Å². The Labute approximate surface area is 101 Å². The van der Waals surface area contributed by atoms with Crippen LogP contribution in [0.1, 0.15) is 11.6 Å². The van der Waals surface area contributed by atoms with Crippen molar-refractivity contribution in [3.8, 4) is 0 Å². The quantitative estimate of drug-likeness (QED) is 0.805. The van der Waals surface area contributed by atoms with Gasteiger partial charge in [-0.2, -0.15) is 0 Å². The molecule has 1 unspecified atom stereocenters. The van der Waals surface area contributed by atoms with Crippen molar-refractivity contribution in [2.24, 2.45) is 0 Å². The van der Waals surface area contributed by atoms with E-state index in [2.05, 4.69) is 46.5 Å². The molecule has 0 aliphatic carbocycles. The van der Waals surface area contributed by atoms with E-state index in [-0.39, 0.29) is 0 Å². The Morgan fingerprint density at radius 1 is 1.29 bits per heavy atom. The van der Waals surface area contributed by atoms with Gasteiger partial charge >= 0.3 is 0 Å². The summed E-state index contributed by atoms with van der Waals surface area (Å²) < 4.78 is 0. The first-order valence-corrected chi connectivity index (χ1v) is 6.10. The van der Waals surface area contributed by atoms with E-state index in [0.29, 0.717) is 6.04 Å². The molecule has 3 rings (SSSR count). The molecule has 0 bridgehead atoms. The minimum absolute atomic E-state index is 0.418. The highest BCUT2D eigenvalue weighted by Gasteiger charge is 2.19. The highest BCUT2D eigenvalue weighted by molar-refractivity contribution is 5.82. The molecule has 1 aliphatic rings. The highest BCUT2D eigenvalue weighted by atomic mass is 15.2. The Balaban J connectivity index is 2.04. The maximum atomic E-state index is 4.41. The van der Waals surface area contributed by atoms with Crippen molar-refractivity contribution >= 4 is 10.9 Å². The third-order valence-electron chi connectivity index (χ3n) is 3.44. The molecular formula is C14H17N3. The lowest BCUT2D eigenvalue weighted by atomic mass is 10.0. The Hall–Kier alpha value is -1.45. The zero-order valence-electron chi connectivity index (χ0n) is 10.1. The van der Waals surface area contributed by atoms with Crippen molar-refractivity contribution in [1.82, 2.24) is 15.2 Å². The molecule has 0 saturated carbocycles. The van der Waals surface area contributed by atoms with Gasteiger partial charge in [-0.3, -0.25) is 4.98 Å². The molecule has 3 nitrogen and oxygen atoms in total. The van der Waals surface area contributed by atoms with E-state index in [1.807, 2.05) is 12.3 Å². The summed E-state index contributed by atoms with van der Waals surface area (Å²) in [6, 6.07) is 10.9. The van der Waals surface area contributed by atoms with Crippen molar-refractivity contribution in [1.29, 1.82) is 0 Å². The van der Waals surface area contributed by atoms with Crippen LogP contribution in [0.25, 0.3) is 10.9 Å². The second-order valence-electron chi connectivity index (χ2n) is 4.69. The van der Waals surface area contributed by atoms with Crippen molar-refractivity contribution in [2.75, 3.05) is 26.7 Å². The minimum atomic E-state index is 0.418. The molecule has 0 radical (unpaired) electrons. The fraction of sp³-hybridized carbons (Fsp3) is 0.357. The van der Waals surface area contributed by atoms with Crippen LogP contribution < -0.4 is 5.32 Å². The van der Waals surface area contributed by atoms with Gasteiger partial charge in [0, 0.05) is 37.3 Å². The molecule has 88 valence electrons. The number of likely N-dealkylation sites (N-methyl/N-ethyl adjacent to an activating group) is 1. The summed E-state index contributed by atoms with van der Waals surface area (Å²) in [6.45, 7) is 3.24. The number of aromatic nitrogens is 1. The van der Waals surface area contributed by atoms with Gasteiger partial charge in [0.2, 0.25) is 0 Å². The largest absolute Gasteiger partial charge is 0.308 e. The molecule has 0 amide bonds. The van der Waals surface area contributed by atoms with Crippen LogP contribution in [0.15, 0.2) is 36.5 Å². The Bertz CT molecular complexity index is 518. The summed E-state index contributed by atoms with van der Waals surface area (Å²) in [5, 5.41) is 4.85. The van der Waals surface area contributed by atoms with Gasteiger partial charge < -0.3 is 10.2 Å². The van der Waals surface area contributed by atoms with Gasteiger partial charge in [-0.25, -0.2) is 0 Å². The van der Waals surface area contributed by atoms with Gasteiger partial charge in [0.25, 0.3) is 0 Å². The average Bonchev–Trinajstić information content (AvgIpc) is 2.38. The van der Waals surface area contributed by atoms with Gasteiger partial charge in [0.15, 0.2) is 0 Å². The van der Waals surface area contributed by atoms with Crippen molar-refractivity contribution in [3.63, 3.8) is 0 Å². The van der Waals surface area contributed by atoms with Gasteiger partial charge in [-0.1, -0.05) is 18.2 Å². The lowest BCUT2D eigenvalue weighted by Gasteiger charge is -2.31. The van der Waals surface area contributed by atoms with Crippen molar-refractivity contribution in [2.45, 2.75) is 6.04 Å². The highest BCUT2D eigenvalue weighted by Crippen LogP contribution is 2.24.